The quantitative estimate of drug-likeness (QED) is 0.746. The van der Waals surface area contributed by atoms with Gasteiger partial charge in [-0.2, -0.15) is 0 Å². The van der Waals surface area contributed by atoms with Gasteiger partial charge >= 0.3 is 0 Å². The molecule has 0 fully saturated rings. The van der Waals surface area contributed by atoms with Gasteiger partial charge in [0.05, 0.1) is 11.2 Å². The Hall–Kier alpha value is -1.94. The van der Waals surface area contributed by atoms with Gasteiger partial charge in [0.15, 0.2) is 0 Å². The van der Waals surface area contributed by atoms with E-state index in [2.05, 4.69) is 35.5 Å². The van der Waals surface area contributed by atoms with Crippen molar-refractivity contribution in [1.29, 1.82) is 0 Å². The minimum absolute atomic E-state index is 0.771. The maximum Gasteiger partial charge on any atom is 0.109 e. The number of aromatic nitrogens is 2. The van der Waals surface area contributed by atoms with Crippen LogP contribution in [-0.4, -0.2) is 15.6 Å². The van der Waals surface area contributed by atoms with Crippen LogP contribution in [0.3, 0.4) is 0 Å². The van der Waals surface area contributed by atoms with Crippen molar-refractivity contribution in [3.8, 4) is 0 Å². The van der Waals surface area contributed by atoms with E-state index in [9.17, 15) is 0 Å². The van der Waals surface area contributed by atoms with Crippen LogP contribution in [0.1, 0.15) is 11.3 Å². The average molecular weight is 283 g/mol. The molecule has 0 aliphatic rings. The number of aryl methyl sites for hydroxylation is 2. The first-order valence-corrected chi connectivity index (χ1v) is 7.84. The van der Waals surface area contributed by atoms with Crippen LogP contribution in [0.4, 0.5) is 5.82 Å². The molecule has 0 saturated carbocycles. The maximum atomic E-state index is 6.05. The topological polar surface area (TPSA) is 43.3 Å². The number of fused-ring (bicyclic) bond motifs is 1. The lowest BCUT2D eigenvalue weighted by atomic mass is 10.1. The van der Waals surface area contributed by atoms with Crippen molar-refractivity contribution in [2.45, 2.75) is 17.7 Å². The summed E-state index contributed by atoms with van der Waals surface area (Å²) >= 11 is 1.71. The third-order valence-electron chi connectivity index (χ3n) is 3.46. The Bertz CT molecular complexity index is 719. The van der Waals surface area contributed by atoms with Gasteiger partial charge in [-0.3, -0.25) is 9.38 Å². The molecular weight excluding hydrogens is 266 g/mol. The summed E-state index contributed by atoms with van der Waals surface area (Å²) in [4.78, 5) is 5.75. The van der Waals surface area contributed by atoms with Gasteiger partial charge in [-0.15, -0.1) is 11.8 Å². The van der Waals surface area contributed by atoms with Crippen molar-refractivity contribution in [3.05, 3.63) is 60.0 Å². The molecule has 102 valence electrons. The summed E-state index contributed by atoms with van der Waals surface area (Å²) in [6, 6.07) is 12.5. The molecule has 2 aromatic heterocycles. The molecule has 0 atom stereocenters. The molecule has 0 bridgehead atoms. The van der Waals surface area contributed by atoms with Gasteiger partial charge in [-0.25, -0.2) is 0 Å². The Balaban J connectivity index is 1.95. The molecule has 3 aromatic rings. The molecule has 1 aromatic carbocycles. The summed E-state index contributed by atoms with van der Waals surface area (Å²) in [7, 11) is 0. The first kappa shape index (κ1) is 13.1. The van der Waals surface area contributed by atoms with Crippen molar-refractivity contribution < 1.29 is 0 Å². The minimum Gasteiger partial charge on any atom is -0.385 e. The van der Waals surface area contributed by atoms with Crippen molar-refractivity contribution in [2.75, 3.05) is 12.0 Å². The third-order valence-corrected chi connectivity index (χ3v) is 4.22. The Morgan fingerprint density at radius 3 is 2.75 bits per heavy atom. The highest BCUT2D eigenvalue weighted by molar-refractivity contribution is 7.98. The second kappa shape index (κ2) is 5.59. The monoisotopic (exact) mass is 283 g/mol. The molecule has 3 rings (SSSR count). The van der Waals surface area contributed by atoms with Gasteiger partial charge < -0.3 is 5.73 Å². The van der Waals surface area contributed by atoms with Crippen LogP contribution in [0.2, 0.25) is 0 Å². The number of nitrogen functional groups attached to an aromatic ring is 1. The predicted molar refractivity (Wildman–Crippen MR) is 85.2 cm³/mol. The van der Waals surface area contributed by atoms with E-state index in [1.807, 2.05) is 28.9 Å². The highest BCUT2D eigenvalue weighted by Gasteiger charge is 2.11. The van der Waals surface area contributed by atoms with Gasteiger partial charge in [0.2, 0.25) is 0 Å². The third kappa shape index (κ3) is 2.39. The summed E-state index contributed by atoms with van der Waals surface area (Å²) in [6.07, 6.45) is 7.74. The fourth-order valence-corrected chi connectivity index (χ4v) is 3.11. The Kier molecular flexibility index (Phi) is 3.65. The second-order valence-corrected chi connectivity index (χ2v) is 5.56. The zero-order chi connectivity index (χ0) is 13.9. The normalized spacial score (nSPS) is 11.1. The lowest BCUT2D eigenvalue weighted by Crippen LogP contribution is -2.00. The largest absolute Gasteiger partial charge is 0.385 e. The van der Waals surface area contributed by atoms with Crippen LogP contribution in [0.15, 0.2) is 53.7 Å². The standard InChI is InChI=1S/C16H17N3S/c1-20-14-11-15(17)19-10-9-18-13(16(14)19)8-7-12-5-3-2-4-6-12/h2-6,9-11H,7-8,17H2,1H3. The number of hydrogen-bond acceptors (Lipinski definition) is 3. The van der Waals surface area contributed by atoms with E-state index < -0.39 is 0 Å². The lowest BCUT2D eigenvalue weighted by molar-refractivity contribution is 0.905. The van der Waals surface area contributed by atoms with Crippen LogP contribution >= 0.6 is 11.8 Å². The summed E-state index contributed by atoms with van der Waals surface area (Å²) in [5.74, 6) is 0.771. The molecule has 0 aliphatic carbocycles. The summed E-state index contributed by atoms with van der Waals surface area (Å²) < 4.78 is 2.03. The first-order valence-electron chi connectivity index (χ1n) is 6.62. The van der Waals surface area contributed by atoms with Crippen LogP contribution < -0.4 is 5.73 Å². The molecular formula is C16H17N3S. The van der Waals surface area contributed by atoms with E-state index in [-0.39, 0.29) is 0 Å². The van der Waals surface area contributed by atoms with E-state index >= 15 is 0 Å². The molecule has 0 saturated heterocycles. The molecule has 20 heavy (non-hydrogen) atoms. The zero-order valence-electron chi connectivity index (χ0n) is 11.4. The molecule has 4 heteroatoms. The molecule has 0 aliphatic heterocycles. The highest BCUT2D eigenvalue weighted by atomic mass is 32.2. The Morgan fingerprint density at radius 2 is 2.00 bits per heavy atom. The number of thioether (sulfide) groups is 1. The number of benzene rings is 1. The number of rotatable bonds is 4. The molecule has 2 N–H and O–H groups in total. The molecule has 0 spiro atoms. The fraction of sp³-hybridized carbons (Fsp3) is 0.188. The molecule has 0 radical (unpaired) electrons. The smallest absolute Gasteiger partial charge is 0.109 e. The van der Waals surface area contributed by atoms with Crippen LogP contribution in [0.25, 0.3) is 5.52 Å². The van der Waals surface area contributed by atoms with E-state index in [1.165, 1.54) is 10.5 Å². The fourth-order valence-electron chi connectivity index (χ4n) is 2.46. The number of anilines is 1. The number of nitrogens with zero attached hydrogens (tertiary/aromatic N) is 2. The predicted octanol–water partition coefficient (Wildman–Crippen LogP) is 3.42. The summed E-state index contributed by atoms with van der Waals surface area (Å²) in [5, 5.41) is 0. The van der Waals surface area contributed by atoms with Crippen LogP contribution in [0, 0.1) is 0 Å². The van der Waals surface area contributed by atoms with Gasteiger partial charge in [0.25, 0.3) is 0 Å². The number of hydrogen-bond donors (Lipinski definition) is 1. The molecule has 0 amide bonds. The van der Waals surface area contributed by atoms with Gasteiger partial charge in [-0.1, -0.05) is 30.3 Å². The van der Waals surface area contributed by atoms with E-state index in [0.29, 0.717) is 0 Å². The number of nitrogens with two attached hydrogens (primary N) is 1. The zero-order valence-corrected chi connectivity index (χ0v) is 12.2. The van der Waals surface area contributed by atoms with E-state index in [1.54, 1.807) is 11.8 Å². The van der Waals surface area contributed by atoms with Crippen LogP contribution in [-0.2, 0) is 12.8 Å². The average Bonchev–Trinajstić information content (AvgIpc) is 2.83. The van der Waals surface area contributed by atoms with Crippen molar-refractivity contribution >= 4 is 23.1 Å². The van der Waals surface area contributed by atoms with Gasteiger partial charge in [0.1, 0.15) is 5.82 Å². The Labute approximate surface area is 122 Å². The SMILES string of the molecule is CSc1cc(N)n2ccnc(CCc3ccccc3)c12. The van der Waals surface area contributed by atoms with Crippen molar-refractivity contribution in [3.63, 3.8) is 0 Å². The lowest BCUT2D eigenvalue weighted by Gasteiger charge is -2.06. The molecule has 3 nitrogen and oxygen atoms in total. The van der Waals surface area contributed by atoms with Crippen LogP contribution in [0.5, 0.6) is 0 Å². The van der Waals surface area contributed by atoms with E-state index in [4.69, 9.17) is 5.73 Å². The van der Waals surface area contributed by atoms with Crippen molar-refractivity contribution in [1.82, 2.24) is 9.38 Å². The van der Waals surface area contributed by atoms with Gasteiger partial charge in [-0.05, 0) is 30.7 Å². The van der Waals surface area contributed by atoms with E-state index in [0.717, 1.165) is 29.9 Å². The molecule has 0 unspecified atom stereocenters. The summed E-state index contributed by atoms with van der Waals surface area (Å²) in [5.41, 5.74) is 9.64. The Morgan fingerprint density at radius 1 is 1.20 bits per heavy atom. The summed E-state index contributed by atoms with van der Waals surface area (Å²) in [6.45, 7) is 0. The highest BCUT2D eigenvalue weighted by Crippen LogP contribution is 2.29. The van der Waals surface area contributed by atoms with Gasteiger partial charge in [0, 0.05) is 17.3 Å². The van der Waals surface area contributed by atoms with Crippen molar-refractivity contribution in [2.24, 2.45) is 0 Å². The maximum absolute atomic E-state index is 6.05. The second-order valence-electron chi connectivity index (χ2n) is 4.72. The minimum atomic E-state index is 0.771. The molecule has 2 heterocycles. The first-order chi connectivity index (χ1) is 9.79.